The fourth-order valence-electron chi connectivity index (χ4n) is 4.59. The highest BCUT2D eigenvalue weighted by molar-refractivity contribution is 8.01. The third kappa shape index (κ3) is 6.21. The molecule has 224 valence electrons. The van der Waals surface area contributed by atoms with Gasteiger partial charge in [0.25, 0.3) is 0 Å². The van der Waals surface area contributed by atoms with Crippen molar-refractivity contribution in [2.75, 3.05) is 6.79 Å². The smallest absolute Gasteiger partial charge is 0.333 e. The minimum atomic E-state index is -1.66. The predicted octanol–water partition coefficient (Wildman–Crippen LogP) is 1.75. The number of nitrogens with two attached hydrogens (primary N) is 1. The Morgan fingerprint density at radius 3 is 2.29 bits per heavy atom. The molecule has 2 aromatic carbocycles. The number of aromatic hydroxyl groups is 1. The molecule has 2 heterocycles. The van der Waals surface area contributed by atoms with Gasteiger partial charge in [0.15, 0.2) is 5.41 Å². The van der Waals surface area contributed by atoms with Gasteiger partial charge in [-0.3, -0.25) is 19.2 Å². The van der Waals surface area contributed by atoms with Gasteiger partial charge in [0.1, 0.15) is 35.9 Å². The number of benzene rings is 2. The van der Waals surface area contributed by atoms with E-state index in [4.69, 9.17) is 19.9 Å². The molecule has 0 aliphatic carbocycles. The van der Waals surface area contributed by atoms with Gasteiger partial charge in [0.05, 0.1) is 0 Å². The van der Waals surface area contributed by atoms with Gasteiger partial charge >= 0.3 is 17.9 Å². The first kappa shape index (κ1) is 30.8. The number of hydrogen-bond donors (Lipinski definition) is 3. The molecule has 4 atom stereocenters. The minimum Gasteiger partial charge on any atom is -0.508 e. The van der Waals surface area contributed by atoms with Crippen molar-refractivity contribution < 1.29 is 43.3 Å². The van der Waals surface area contributed by atoms with Crippen molar-refractivity contribution in [2.24, 2.45) is 11.1 Å². The molecular weight excluding hydrogens is 566 g/mol. The van der Waals surface area contributed by atoms with Crippen molar-refractivity contribution in [3.05, 3.63) is 65.7 Å². The summed E-state index contributed by atoms with van der Waals surface area (Å²) in [5.41, 5.74) is 5.58. The highest BCUT2D eigenvalue weighted by Crippen LogP contribution is 2.51. The van der Waals surface area contributed by atoms with Crippen molar-refractivity contribution in [1.29, 1.82) is 0 Å². The number of hydrogen-bond acceptors (Lipinski definition) is 11. The Kier molecular flexibility index (Phi) is 8.83. The van der Waals surface area contributed by atoms with Crippen LogP contribution in [0, 0.1) is 5.41 Å². The first-order valence-corrected chi connectivity index (χ1v) is 14.0. The van der Waals surface area contributed by atoms with E-state index in [-0.39, 0.29) is 12.4 Å². The first-order chi connectivity index (χ1) is 19.7. The van der Waals surface area contributed by atoms with Crippen LogP contribution in [0.3, 0.4) is 0 Å². The lowest BCUT2D eigenvalue weighted by atomic mass is 9.94. The Labute approximate surface area is 246 Å². The van der Waals surface area contributed by atoms with E-state index in [9.17, 15) is 29.1 Å². The second-order valence-electron chi connectivity index (χ2n) is 11.0. The number of thioether (sulfide) groups is 1. The second kappa shape index (κ2) is 12.0. The van der Waals surface area contributed by atoms with Crippen LogP contribution in [0.15, 0.2) is 54.6 Å². The zero-order valence-electron chi connectivity index (χ0n) is 23.6. The topological polar surface area (TPSA) is 175 Å². The number of carbonyl (C=O) groups is 5. The molecule has 4 N–H and O–H groups in total. The minimum absolute atomic E-state index is 0.0188. The molecule has 0 bridgehead atoms. The van der Waals surface area contributed by atoms with Gasteiger partial charge in [-0.05, 0) is 51.0 Å². The van der Waals surface area contributed by atoms with Gasteiger partial charge in [0, 0.05) is 4.75 Å². The van der Waals surface area contributed by atoms with Crippen LogP contribution in [0.4, 0.5) is 0 Å². The average Bonchev–Trinajstić information content (AvgIpc) is 3.22. The maximum atomic E-state index is 13.0. The van der Waals surface area contributed by atoms with Crippen LogP contribution in [-0.2, 0) is 44.8 Å². The number of nitrogens with zero attached hydrogens (tertiary/aromatic N) is 1. The normalized spacial score (nSPS) is 21.4. The van der Waals surface area contributed by atoms with Crippen LogP contribution in [0.1, 0.15) is 44.9 Å². The Morgan fingerprint density at radius 1 is 1.02 bits per heavy atom. The maximum absolute atomic E-state index is 13.0. The van der Waals surface area contributed by atoms with Crippen LogP contribution in [-0.4, -0.2) is 68.7 Å². The zero-order chi connectivity index (χ0) is 30.8. The third-order valence-corrected chi connectivity index (χ3v) is 8.69. The van der Waals surface area contributed by atoms with Gasteiger partial charge in [-0.25, -0.2) is 4.79 Å². The summed E-state index contributed by atoms with van der Waals surface area (Å²) in [5.74, 6) is -3.59. The molecule has 2 fully saturated rings. The SMILES string of the molecule is CC(C)(C(=O)OCOC(=O)[C@@H]1N2C(=O)[C@@H](NC(=O)C(N)c3ccc(O)cc3)[C@H]2SC1(C)C)C(=O)OCc1ccccc1. The summed E-state index contributed by atoms with van der Waals surface area (Å²) >= 11 is 1.32. The number of esters is 3. The fourth-order valence-corrected chi connectivity index (χ4v) is 6.21. The average molecular weight is 600 g/mol. The van der Waals surface area contributed by atoms with E-state index in [1.807, 2.05) is 6.07 Å². The molecule has 2 aliphatic heterocycles. The number of phenols is 1. The van der Waals surface area contributed by atoms with Crippen LogP contribution >= 0.6 is 11.8 Å². The quantitative estimate of drug-likeness (QED) is 0.157. The summed E-state index contributed by atoms with van der Waals surface area (Å²) in [4.78, 5) is 65.2. The molecule has 0 aromatic heterocycles. The van der Waals surface area contributed by atoms with Crippen LogP contribution in [0.25, 0.3) is 0 Å². The molecule has 2 saturated heterocycles. The Hall–Kier alpha value is -4.10. The van der Waals surface area contributed by atoms with Crippen LogP contribution < -0.4 is 11.1 Å². The van der Waals surface area contributed by atoms with Crippen molar-refractivity contribution in [2.45, 2.75) is 62.5 Å². The van der Waals surface area contributed by atoms with E-state index in [1.54, 1.807) is 38.1 Å². The third-order valence-electron chi connectivity index (χ3n) is 7.12. The molecule has 2 aromatic rings. The highest BCUT2D eigenvalue weighted by Gasteiger charge is 2.64. The van der Waals surface area contributed by atoms with Crippen molar-refractivity contribution >= 4 is 41.5 Å². The van der Waals surface area contributed by atoms with Crippen molar-refractivity contribution in [1.82, 2.24) is 10.2 Å². The van der Waals surface area contributed by atoms with Crippen molar-refractivity contribution in [3.63, 3.8) is 0 Å². The highest BCUT2D eigenvalue weighted by atomic mass is 32.2. The summed E-state index contributed by atoms with van der Waals surface area (Å²) in [6.07, 6.45) is 0. The van der Waals surface area contributed by atoms with E-state index >= 15 is 0 Å². The van der Waals surface area contributed by atoms with Gasteiger partial charge in [-0.2, -0.15) is 0 Å². The van der Waals surface area contributed by atoms with Gasteiger partial charge in [-0.15, -0.1) is 11.8 Å². The molecule has 0 spiro atoms. The number of nitrogens with one attached hydrogen (secondary N) is 1. The van der Waals surface area contributed by atoms with E-state index < -0.39 is 70.2 Å². The van der Waals surface area contributed by atoms with Gasteiger partial charge in [0.2, 0.25) is 18.6 Å². The number of carbonyl (C=O) groups excluding carboxylic acids is 5. The van der Waals surface area contributed by atoms with Crippen LogP contribution in [0.2, 0.25) is 0 Å². The number of fused-ring (bicyclic) bond motifs is 1. The Bertz CT molecular complexity index is 1360. The molecule has 1 unspecified atom stereocenters. The lowest BCUT2D eigenvalue weighted by molar-refractivity contribution is -0.184. The summed E-state index contributed by atoms with van der Waals surface area (Å²) in [7, 11) is 0. The first-order valence-electron chi connectivity index (χ1n) is 13.1. The van der Waals surface area contributed by atoms with E-state index in [0.29, 0.717) is 5.56 Å². The number of β-lactam (4-membered cyclic amide) rings is 1. The maximum Gasteiger partial charge on any atom is 0.333 e. The molecule has 12 nitrogen and oxygen atoms in total. The molecule has 42 heavy (non-hydrogen) atoms. The fraction of sp³-hybridized carbons (Fsp3) is 0.414. The standard InChI is InChI=1S/C29H33N3O9S/c1-28(2,26(37)39-14-16-8-6-5-7-9-16)27(38)41-15-40-25(36)21-29(3,4)42-24-20(23(35)32(21)24)31-22(34)19(30)17-10-12-18(33)13-11-17/h5-13,19-21,24,33H,14-15,30H2,1-4H3,(H,31,34)/t19?,20-,21+,24-/m1/s1. The van der Waals surface area contributed by atoms with E-state index in [0.717, 1.165) is 5.56 Å². The number of ether oxygens (including phenoxy) is 3. The summed E-state index contributed by atoms with van der Waals surface area (Å²) in [6, 6.07) is 11.8. The molecule has 2 aliphatic rings. The number of amides is 2. The largest absolute Gasteiger partial charge is 0.508 e. The summed E-state index contributed by atoms with van der Waals surface area (Å²) in [5, 5.41) is 11.6. The second-order valence-corrected chi connectivity index (χ2v) is 12.8. The molecule has 13 heteroatoms. The van der Waals surface area contributed by atoms with Crippen LogP contribution in [0.5, 0.6) is 5.75 Å². The lowest BCUT2D eigenvalue weighted by Crippen LogP contribution is -2.71. The molecule has 0 saturated carbocycles. The molecular formula is C29H33N3O9S. The Morgan fingerprint density at radius 2 is 1.64 bits per heavy atom. The Balaban J connectivity index is 1.29. The van der Waals surface area contributed by atoms with Crippen molar-refractivity contribution in [3.8, 4) is 5.75 Å². The van der Waals surface area contributed by atoms with E-state index in [2.05, 4.69) is 5.32 Å². The number of phenolic OH excluding ortho intramolecular Hbond substituents is 1. The van der Waals surface area contributed by atoms with Gasteiger partial charge < -0.3 is 35.3 Å². The number of rotatable bonds is 10. The lowest BCUT2D eigenvalue weighted by Gasteiger charge is -2.44. The summed E-state index contributed by atoms with van der Waals surface area (Å²) < 4.78 is 14.7. The molecule has 4 rings (SSSR count). The zero-order valence-corrected chi connectivity index (χ0v) is 24.4. The molecule has 2 amide bonds. The van der Waals surface area contributed by atoms with E-state index in [1.165, 1.54) is 54.8 Å². The van der Waals surface area contributed by atoms with Gasteiger partial charge in [-0.1, -0.05) is 42.5 Å². The monoisotopic (exact) mass is 599 g/mol. The summed E-state index contributed by atoms with van der Waals surface area (Å²) in [6.45, 7) is 5.41. The molecule has 0 radical (unpaired) electrons. The predicted molar refractivity (Wildman–Crippen MR) is 150 cm³/mol.